The lowest BCUT2D eigenvalue weighted by atomic mass is 10.1. The topological polar surface area (TPSA) is 84.0 Å². The van der Waals surface area contributed by atoms with E-state index in [0.717, 1.165) is 12.0 Å². The molecule has 7 heteroatoms. The molecule has 124 valence electrons. The van der Waals surface area contributed by atoms with Gasteiger partial charge in [0.05, 0.1) is 4.90 Å². The summed E-state index contributed by atoms with van der Waals surface area (Å²) in [4.78, 5) is 0.202. The molecule has 23 heavy (non-hydrogen) atoms. The number of aromatic nitrogens is 2. The first-order chi connectivity index (χ1) is 10.7. The summed E-state index contributed by atoms with van der Waals surface area (Å²) >= 11 is 0. The SMILES string of the molecule is CCc1ccc(S(=O)(=O)Nc2ccc(NC(C)(C)C)nn2)cc1. The summed E-state index contributed by atoms with van der Waals surface area (Å²) in [7, 11) is -3.66. The number of anilines is 2. The van der Waals surface area contributed by atoms with Crippen LogP contribution in [0, 0.1) is 0 Å². The molecule has 0 amide bonds. The van der Waals surface area contributed by atoms with Crippen molar-refractivity contribution in [1.29, 1.82) is 0 Å². The molecule has 0 radical (unpaired) electrons. The average molecular weight is 334 g/mol. The lowest BCUT2D eigenvalue weighted by molar-refractivity contribution is 0.600. The zero-order valence-electron chi connectivity index (χ0n) is 13.8. The van der Waals surface area contributed by atoms with Crippen LogP contribution in [0.15, 0.2) is 41.3 Å². The molecule has 0 aliphatic rings. The maximum absolute atomic E-state index is 12.3. The summed E-state index contributed by atoms with van der Waals surface area (Å²) in [6.45, 7) is 8.03. The molecule has 2 aromatic rings. The summed E-state index contributed by atoms with van der Waals surface area (Å²) < 4.78 is 27.1. The molecule has 0 spiro atoms. The van der Waals surface area contributed by atoms with Gasteiger partial charge in [-0.15, -0.1) is 10.2 Å². The van der Waals surface area contributed by atoms with Gasteiger partial charge in [-0.2, -0.15) is 0 Å². The number of nitrogens with zero attached hydrogens (tertiary/aromatic N) is 2. The molecule has 0 saturated carbocycles. The number of benzene rings is 1. The maximum Gasteiger partial charge on any atom is 0.263 e. The van der Waals surface area contributed by atoms with Crippen molar-refractivity contribution >= 4 is 21.7 Å². The van der Waals surface area contributed by atoms with Crippen molar-refractivity contribution in [2.75, 3.05) is 10.0 Å². The summed E-state index contributed by atoms with van der Waals surface area (Å²) in [5.41, 5.74) is 0.942. The van der Waals surface area contributed by atoms with Gasteiger partial charge >= 0.3 is 0 Å². The van der Waals surface area contributed by atoms with E-state index in [-0.39, 0.29) is 16.3 Å². The number of hydrogen-bond donors (Lipinski definition) is 2. The molecule has 0 atom stereocenters. The smallest absolute Gasteiger partial charge is 0.263 e. The summed E-state index contributed by atoms with van der Waals surface area (Å²) in [5.74, 6) is 0.775. The first kappa shape index (κ1) is 17.2. The highest BCUT2D eigenvalue weighted by Gasteiger charge is 2.15. The quantitative estimate of drug-likeness (QED) is 0.878. The summed E-state index contributed by atoms with van der Waals surface area (Å²) in [6, 6.07) is 10.1. The Morgan fingerprint density at radius 2 is 1.52 bits per heavy atom. The minimum absolute atomic E-state index is 0.142. The van der Waals surface area contributed by atoms with E-state index in [4.69, 9.17) is 0 Å². The Bertz CT molecular complexity index is 748. The molecule has 2 N–H and O–H groups in total. The molecule has 1 heterocycles. The molecule has 1 aromatic heterocycles. The normalized spacial score (nSPS) is 12.0. The van der Waals surface area contributed by atoms with E-state index in [1.54, 1.807) is 36.4 Å². The largest absolute Gasteiger partial charge is 0.364 e. The van der Waals surface area contributed by atoms with E-state index in [1.165, 1.54) is 0 Å². The van der Waals surface area contributed by atoms with Gasteiger partial charge in [0.1, 0.15) is 5.82 Å². The Kier molecular flexibility index (Phi) is 4.89. The van der Waals surface area contributed by atoms with Gasteiger partial charge in [0.2, 0.25) is 0 Å². The van der Waals surface area contributed by atoms with Crippen LogP contribution in [0.1, 0.15) is 33.3 Å². The maximum atomic E-state index is 12.3. The molecule has 0 bridgehead atoms. The molecule has 6 nitrogen and oxygen atoms in total. The average Bonchev–Trinajstić information content (AvgIpc) is 2.48. The Labute approximate surface area is 137 Å². The van der Waals surface area contributed by atoms with Gasteiger partial charge in [0, 0.05) is 5.54 Å². The Morgan fingerprint density at radius 1 is 0.957 bits per heavy atom. The number of hydrogen-bond acceptors (Lipinski definition) is 5. The van der Waals surface area contributed by atoms with Gasteiger partial charge in [-0.3, -0.25) is 4.72 Å². The molecule has 1 aromatic carbocycles. The number of aryl methyl sites for hydroxylation is 1. The van der Waals surface area contributed by atoms with Crippen molar-refractivity contribution in [3.63, 3.8) is 0 Å². The van der Waals surface area contributed by atoms with E-state index in [2.05, 4.69) is 20.2 Å². The van der Waals surface area contributed by atoms with Crippen molar-refractivity contribution < 1.29 is 8.42 Å². The standard InChI is InChI=1S/C16H22N4O2S/c1-5-12-6-8-13(9-7-12)23(21,22)20-15-11-10-14(18-19-15)17-16(2,3)4/h6-11H,5H2,1-4H3,(H,17,18)(H,19,20). The molecule has 0 aliphatic carbocycles. The van der Waals surface area contributed by atoms with Gasteiger partial charge < -0.3 is 5.32 Å². The van der Waals surface area contributed by atoms with E-state index in [0.29, 0.717) is 5.82 Å². The highest BCUT2D eigenvalue weighted by molar-refractivity contribution is 7.92. The van der Waals surface area contributed by atoms with Crippen molar-refractivity contribution in [3.8, 4) is 0 Å². The van der Waals surface area contributed by atoms with Crippen molar-refractivity contribution in [2.24, 2.45) is 0 Å². The second-order valence-corrected chi connectivity index (χ2v) is 7.96. The molecule has 0 unspecified atom stereocenters. The minimum atomic E-state index is -3.66. The fourth-order valence-corrected chi connectivity index (χ4v) is 2.93. The number of sulfonamides is 1. The molecule has 0 aliphatic heterocycles. The Morgan fingerprint density at radius 3 is 2.00 bits per heavy atom. The van der Waals surface area contributed by atoms with Gasteiger partial charge in [0.15, 0.2) is 5.82 Å². The van der Waals surface area contributed by atoms with Crippen molar-refractivity contribution in [3.05, 3.63) is 42.0 Å². The van der Waals surface area contributed by atoms with Crippen LogP contribution in [0.5, 0.6) is 0 Å². The van der Waals surface area contributed by atoms with Crippen LogP contribution in [0.25, 0.3) is 0 Å². The molecular formula is C16H22N4O2S. The van der Waals surface area contributed by atoms with Crippen LogP contribution in [-0.4, -0.2) is 24.2 Å². The Balaban J connectivity index is 2.13. The van der Waals surface area contributed by atoms with Gasteiger partial charge in [-0.1, -0.05) is 19.1 Å². The predicted octanol–water partition coefficient (Wildman–Crippen LogP) is 3.05. The van der Waals surface area contributed by atoms with E-state index in [9.17, 15) is 8.42 Å². The van der Waals surface area contributed by atoms with E-state index in [1.807, 2.05) is 27.7 Å². The third kappa shape index (κ3) is 4.92. The number of nitrogens with one attached hydrogen (secondary N) is 2. The predicted molar refractivity (Wildman–Crippen MR) is 92.0 cm³/mol. The van der Waals surface area contributed by atoms with E-state index >= 15 is 0 Å². The zero-order valence-corrected chi connectivity index (χ0v) is 14.6. The van der Waals surface area contributed by atoms with Crippen LogP contribution in [0.4, 0.5) is 11.6 Å². The number of rotatable bonds is 5. The fraction of sp³-hybridized carbons (Fsp3) is 0.375. The first-order valence-corrected chi connectivity index (χ1v) is 8.91. The van der Waals surface area contributed by atoms with Crippen LogP contribution in [0.2, 0.25) is 0 Å². The lowest BCUT2D eigenvalue weighted by Crippen LogP contribution is -2.26. The first-order valence-electron chi connectivity index (χ1n) is 7.43. The minimum Gasteiger partial charge on any atom is -0.364 e. The molecular weight excluding hydrogens is 312 g/mol. The van der Waals surface area contributed by atoms with Crippen LogP contribution in [0.3, 0.4) is 0 Å². The third-order valence-corrected chi connectivity index (χ3v) is 4.42. The second kappa shape index (κ2) is 6.54. The molecule has 0 fully saturated rings. The van der Waals surface area contributed by atoms with Crippen molar-refractivity contribution in [2.45, 2.75) is 44.6 Å². The fourth-order valence-electron chi connectivity index (χ4n) is 1.94. The summed E-state index contributed by atoms with van der Waals surface area (Å²) in [5, 5.41) is 11.1. The Hall–Kier alpha value is -2.15. The van der Waals surface area contributed by atoms with Crippen molar-refractivity contribution in [1.82, 2.24) is 10.2 Å². The van der Waals surface area contributed by atoms with Gasteiger partial charge in [0.25, 0.3) is 10.0 Å². The highest BCUT2D eigenvalue weighted by Crippen LogP contribution is 2.17. The monoisotopic (exact) mass is 334 g/mol. The van der Waals surface area contributed by atoms with Gasteiger partial charge in [-0.05, 0) is 57.0 Å². The zero-order chi connectivity index (χ0) is 17.1. The third-order valence-electron chi connectivity index (χ3n) is 3.05. The van der Waals surface area contributed by atoms with Crippen LogP contribution >= 0.6 is 0 Å². The van der Waals surface area contributed by atoms with E-state index < -0.39 is 10.0 Å². The molecule has 0 saturated heterocycles. The second-order valence-electron chi connectivity index (χ2n) is 6.28. The highest BCUT2D eigenvalue weighted by atomic mass is 32.2. The summed E-state index contributed by atoms with van der Waals surface area (Å²) in [6.07, 6.45) is 0.863. The van der Waals surface area contributed by atoms with Crippen LogP contribution in [-0.2, 0) is 16.4 Å². The lowest BCUT2D eigenvalue weighted by Gasteiger charge is -2.20. The van der Waals surface area contributed by atoms with Crippen LogP contribution < -0.4 is 10.0 Å². The molecule has 2 rings (SSSR count). The van der Waals surface area contributed by atoms with Gasteiger partial charge in [-0.25, -0.2) is 8.42 Å².